The second-order valence-corrected chi connectivity index (χ2v) is 7.00. The van der Waals surface area contributed by atoms with Gasteiger partial charge in [0.05, 0.1) is 0 Å². The van der Waals surface area contributed by atoms with Gasteiger partial charge in [-0.1, -0.05) is 91.0 Å². The van der Waals surface area contributed by atoms with Gasteiger partial charge in [0.2, 0.25) is 0 Å². The van der Waals surface area contributed by atoms with Gasteiger partial charge in [-0.25, -0.2) is 9.59 Å². The van der Waals surface area contributed by atoms with Crippen LogP contribution in [0, 0.1) is 0 Å². The molecule has 0 aliphatic rings. The lowest BCUT2D eigenvalue weighted by molar-refractivity contribution is -0.152. The molecule has 3 aromatic rings. The maximum Gasteiger partial charge on any atom is 0.408 e. The van der Waals surface area contributed by atoms with Crippen molar-refractivity contribution in [2.45, 2.75) is 25.2 Å². The van der Waals surface area contributed by atoms with Gasteiger partial charge < -0.3 is 19.9 Å². The predicted octanol–water partition coefficient (Wildman–Crippen LogP) is 3.89. The highest BCUT2D eigenvalue weighted by Gasteiger charge is 2.38. The average molecular weight is 433 g/mol. The molecule has 7 heteroatoms. The average Bonchev–Trinajstić information content (AvgIpc) is 2.82. The van der Waals surface area contributed by atoms with Crippen LogP contribution in [0.4, 0.5) is 4.79 Å². The fourth-order valence-electron chi connectivity index (χ4n) is 3.13. The van der Waals surface area contributed by atoms with E-state index in [0.717, 1.165) is 11.1 Å². The third-order valence-electron chi connectivity index (χ3n) is 4.72. The van der Waals surface area contributed by atoms with Crippen LogP contribution in [0.15, 0.2) is 91.0 Å². The molecule has 0 aliphatic carbocycles. The van der Waals surface area contributed by atoms with E-state index in [0.29, 0.717) is 5.56 Å². The minimum Gasteiger partial charge on any atom is -0.481 e. The highest BCUT2D eigenvalue weighted by atomic mass is 16.6. The molecule has 0 radical (unpaired) electrons. The standard InChI is InChI=1S/C25H23NO6/c27-23(28)21(20-14-8-3-9-15-20)22(24(29)31-16-18-10-4-1-5-11-18)26-25(30)32-17-19-12-6-2-7-13-19/h1-15,21-22H,16-17H2,(H,26,30)(H,27,28). The van der Waals surface area contributed by atoms with Crippen LogP contribution < -0.4 is 5.32 Å². The van der Waals surface area contributed by atoms with Gasteiger partial charge in [0.15, 0.2) is 0 Å². The molecule has 32 heavy (non-hydrogen) atoms. The van der Waals surface area contributed by atoms with E-state index in [9.17, 15) is 19.5 Å². The third-order valence-corrected chi connectivity index (χ3v) is 4.72. The lowest BCUT2D eigenvalue weighted by Gasteiger charge is -2.24. The van der Waals surface area contributed by atoms with Crippen LogP contribution in [0.5, 0.6) is 0 Å². The van der Waals surface area contributed by atoms with Gasteiger partial charge in [0, 0.05) is 0 Å². The normalized spacial score (nSPS) is 12.2. The number of rotatable bonds is 9. The Morgan fingerprint density at radius 3 is 1.69 bits per heavy atom. The Morgan fingerprint density at radius 2 is 1.19 bits per heavy atom. The summed E-state index contributed by atoms with van der Waals surface area (Å²) in [6, 6.07) is 24.7. The topological polar surface area (TPSA) is 102 Å². The summed E-state index contributed by atoms with van der Waals surface area (Å²) in [7, 11) is 0. The first kappa shape index (κ1) is 22.6. The van der Waals surface area contributed by atoms with E-state index < -0.39 is 30.0 Å². The number of ether oxygens (including phenoxy) is 2. The number of carboxylic acid groups (broad SMARTS) is 1. The quantitative estimate of drug-likeness (QED) is 0.497. The lowest BCUT2D eigenvalue weighted by Crippen LogP contribution is -2.48. The number of carboxylic acids is 1. The van der Waals surface area contributed by atoms with Gasteiger partial charge in [0.1, 0.15) is 25.2 Å². The van der Waals surface area contributed by atoms with Crippen LogP contribution in [0.2, 0.25) is 0 Å². The summed E-state index contributed by atoms with van der Waals surface area (Å²) >= 11 is 0. The van der Waals surface area contributed by atoms with E-state index in [2.05, 4.69) is 5.32 Å². The molecule has 0 saturated carbocycles. The van der Waals surface area contributed by atoms with Crippen molar-refractivity contribution in [3.63, 3.8) is 0 Å². The van der Waals surface area contributed by atoms with Crippen molar-refractivity contribution in [1.29, 1.82) is 0 Å². The number of hydrogen-bond donors (Lipinski definition) is 2. The van der Waals surface area contributed by atoms with E-state index in [4.69, 9.17) is 9.47 Å². The molecule has 164 valence electrons. The fraction of sp³-hybridized carbons (Fsp3) is 0.160. The first-order valence-electron chi connectivity index (χ1n) is 10.00. The maximum absolute atomic E-state index is 12.9. The van der Waals surface area contributed by atoms with Gasteiger partial charge in [-0.05, 0) is 16.7 Å². The van der Waals surface area contributed by atoms with Crippen molar-refractivity contribution in [2.24, 2.45) is 0 Å². The monoisotopic (exact) mass is 433 g/mol. The van der Waals surface area contributed by atoms with Gasteiger partial charge in [-0.3, -0.25) is 4.79 Å². The SMILES string of the molecule is O=C(NC(C(=O)OCc1ccccc1)C(C(=O)O)c1ccccc1)OCc1ccccc1. The first-order valence-corrected chi connectivity index (χ1v) is 10.00. The molecule has 2 atom stereocenters. The molecule has 0 aromatic heterocycles. The highest BCUT2D eigenvalue weighted by molar-refractivity contribution is 5.90. The van der Waals surface area contributed by atoms with Gasteiger partial charge >= 0.3 is 18.0 Å². The van der Waals surface area contributed by atoms with Crippen LogP contribution in [0.25, 0.3) is 0 Å². The van der Waals surface area contributed by atoms with Gasteiger partial charge in [-0.2, -0.15) is 0 Å². The van der Waals surface area contributed by atoms with Crippen molar-refractivity contribution in [3.05, 3.63) is 108 Å². The number of benzene rings is 3. The largest absolute Gasteiger partial charge is 0.481 e. The Bertz CT molecular complexity index is 1020. The molecule has 2 unspecified atom stereocenters. The number of carbonyl (C=O) groups is 3. The fourth-order valence-corrected chi connectivity index (χ4v) is 3.13. The molecule has 0 bridgehead atoms. The molecule has 0 spiro atoms. The number of esters is 1. The zero-order valence-electron chi connectivity index (χ0n) is 17.2. The molecule has 0 fully saturated rings. The summed E-state index contributed by atoms with van der Waals surface area (Å²) in [6.07, 6.45) is -0.919. The zero-order chi connectivity index (χ0) is 22.8. The molecule has 3 aromatic carbocycles. The number of nitrogens with one attached hydrogen (secondary N) is 1. The van der Waals surface area contributed by atoms with Crippen molar-refractivity contribution in [2.75, 3.05) is 0 Å². The molecule has 2 N–H and O–H groups in total. The van der Waals surface area contributed by atoms with Crippen LogP contribution in [0.3, 0.4) is 0 Å². The second kappa shape index (κ2) is 11.3. The zero-order valence-corrected chi connectivity index (χ0v) is 17.2. The van der Waals surface area contributed by atoms with E-state index in [1.54, 1.807) is 78.9 Å². The van der Waals surface area contributed by atoms with Crippen molar-refractivity contribution < 1.29 is 29.0 Å². The van der Waals surface area contributed by atoms with Crippen LogP contribution in [-0.4, -0.2) is 29.2 Å². The van der Waals surface area contributed by atoms with E-state index in [1.807, 2.05) is 12.1 Å². The molecule has 0 aliphatic heterocycles. The highest BCUT2D eigenvalue weighted by Crippen LogP contribution is 2.22. The number of amides is 1. The number of carbonyl (C=O) groups excluding carboxylic acids is 2. The maximum atomic E-state index is 12.9. The molecule has 0 saturated heterocycles. The van der Waals surface area contributed by atoms with E-state index in [-0.39, 0.29) is 13.2 Å². The van der Waals surface area contributed by atoms with E-state index >= 15 is 0 Å². The molecule has 0 heterocycles. The molecular formula is C25H23NO6. The minimum absolute atomic E-state index is 0.0263. The Hall–Kier alpha value is -4.13. The first-order chi connectivity index (χ1) is 15.5. The van der Waals surface area contributed by atoms with Crippen LogP contribution in [-0.2, 0) is 32.3 Å². The molecule has 1 amide bonds. The predicted molar refractivity (Wildman–Crippen MR) is 117 cm³/mol. The number of aliphatic carboxylic acids is 1. The third kappa shape index (κ3) is 6.43. The summed E-state index contributed by atoms with van der Waals surface area (Å²) in [5.41, 5.74) is 1.84. The number of hydrogen-bond acceptors (Lipinski definition) is 5. The lowest BCUT2D eigenvalue weighted by atomic mass is 9.91. The van der Waals surface area contributed by atoms with Gasteiger partial charge in [-0.15, -0.1) is 0 Å². The Labute approximate surface area is 185 Å². The number of alkyl carbamates (subject to hydrolysis) is 1. The van der Waals surface area contributed by atoms with Crippen molar-refractivity contribution in [1.82, 2.24) is 5.32 Å². The molecule has 3 rings (SSSR count). The van der Waals surface area contributed by atoms with E-state index in [1.165, 1.54) is 0 Å². The summed E-state index contributed by atoms with van der Waals surface area (Å²) in [6.45, 7) is -0.0838. The molecule has 7 nitrogen and oxygen atoms in total. The summed E-state index contributed by atoms with van der Waals surface area (Å²) in [5.74, 6) is -3.51. The van der Waals surface area contributed by atoms with Crippen molar-refractivity contribution in [3.8, 4) is 0 Å². The molecular weight excluding hydrogens is 410 g/mol. The second-order valence-electron chi connectivity index (χ2n) is 7.00. The Kier molecular flexibility index (Phi) is 7.97. The van der Waals surface area contributed by atoms with Crippen LogP contribution >= 0.6 is 0 Å². The summed E-state index contributed by atoms with van der Waals surface area (Å²) in [5, 5.41) is 12.2. The Morgan fingerprint density at radius 1 is 0.719 bits per heavy atom. The van der Waals surface area contributed by atoms with Crippen molar-refractivity contribution >= 4 is 18.0 Å². The summed E-state index contributed by atoms with van der Waals surface area (Å²) in [4.78, 5) is 37.4. The van der Waals surface area contributed by atoms with Crippen LogP contribution in [0.1, 0.15) is 22.6 Å². The smallest absolute Gasteiger partial charge is 0.408 e. The minimum atomic E-state index is -1.48. The van der Waals surface area contributed by atoms with Gasteiger partial charge in [0.25, 0.3) is 0 Å². The summed E-state index contributed by atoms with van der Waals surface area (Å²) < 4.78 is 10.5. The Balaban J connectivity index is 1.76.